The summed E-state index contributed by atoms with van der Waals surface area (Å²) in [6.45, 7) is 0.688. The predicted molar refractivity (Wildman–Crippen MR) is 86.2 cm³/mol. The molecule has 4 heteroatoms. The minimum absolute atomic E-state index is 0.228. The van der Waals surface area contributed by atoms with Crippen molar-refractivity contribution in [3.8, 4) is 10.6 Å². The third-order valence-electron chi connectivity index (χ3n) is 3.98. The van der Waals surface area contributed by atoms with Crippen LogP contribution in [0.4, 0.5) is 0 Å². The largest absolute Gasteiger partial charge is 0.355 e. The van der Waals surface area contributed by atoms with Crippen molar-refractivity contribution in [2.75, 3.05) is 6.54 Å². The molecule has 3 rings (SSSR count). The maximum atomic E-state index is 11.9. The second kappa shape index (κ2) is 6.85. The minimum Gasteiger partial charge on any atom is -0.355 e. The van der Waals surface area contributed by atoms with Crippen molar-refractivity contribution in [3.63, 3.8) is 0 Å². The molecule has 0 aliphatic heterocycles. The summed E-state index contributed by atoms with van der Waals surface area (Å²) >= 11 is 1.66. The molecule has 1 heterocycles. The Morgan fingerprint density at radius 2 is 2.00 bits per heavy atom. The van der Waals surface area contributed by atoms with Crippen LogP contribution in [-0.4, -0.2) is 17.4 Å². The smallest absolute Gasteiger partial charge is 0.223 e. The number of carbonyl (C=O) groups is 1. The maximum Gasteiger partial charge on any atom is 0.223 e. The number of thiazole rings is 1. The van der Waals surface area contributed by atoms with Gasteiger partial charge in [0, 0.05) is 29.8 Å². The zero-order valence-corrected chi connectivity index (χ0v) is 12.9. The van der Waals surface area contributed by atoms with Gasteiger partial charge in [-0.25, -0.2) is 4.98 Å². The summed E-state index contributed by atoms with van der Waals surface area (Å²) in [6, 6.07) is 10.2. The van der Waals surface area contributed by atoms with Gasteiger partial charge in [-0.05, 0) is 12.8 Å². The number of carbonyl (C=O) groups excluding carboxylic acids is 1. The summed E-state index contributed by atoms with van der Waals surface area (Å²) in [7, 11) is 0. The molecule has 1 saturated carbocycles. The van der Waals surface area contributed by atoms with E-state index in [9.17, 15) is 4.79 Å². The summed E-state index contributed by atoms with van der Waals surface area (Å²) in [4.78, 5) is 16.6. The normalized spacial score (nSPS) is 15.2. The van der Waals surface area contributed by atoms with Gasteiger partial charge in [-0.3, -0.25) is 4.79 Å². The lowest BCUT2D eigenvalue weighted by Crippen LogP contribution is -2.30. The van der Waals surface area contributed by atoms with Crippen LogP contribution in [0.25, 0.3) is 10.6 Å². The molecule has 1 aromatic carbocycles. The zero-order valence-electron chi connectivity index (χ0n) is 12.0. The van der Waals surface area contributed by atoms with Gasteiger partial charge in [-0.2, -0.15) is 0 Å². The average Bonchev–Trinajstić information content (AvgIpc) is 3.20. The molecule has 1 fully saturated rings. The van der Waals surface area contributed by atoms with Crippen molar-refractivity contribution in [3.05, 3.63) is 41.4 Å². The molecule has 0 spiro atoms. The summed E-state index contributed by atoms with van der Waals surface area (Å²) < 4.78 is 0. The molecule has 110 valence electrons. The lowest BCUT2D eigenvalue weighted by Gasteiger charge is -2.09. The van der Waals surface area contributed by atoms with Crippen LogP contribution in [0.15, 0.2) is 35.7 Å². The highest BCUT2D eigenvalue weighted by Gasteiger charge is 2.21. The number of rotatable bonds is 5. The van der Waals surface area contributed by atoms with Crippen molar-refractivity contribution in [1.29, 1.82) is 0 Å². The summed E-state index contributed by atoms with van der Waals surface area (Å²) in [5, 5.41) is 6.18. The van der Waals surface area contributed by atoms with Gasteiger partial charge in [-0.15, -0.1) is 11.3 Å². The quantitative estimate of drug-likeness (QED) is 0.915. The summed E-state index contributed by atoms with van der Waals surface area (Å²) in [5.74, 6) is 0.478. The second-order valence-electron chi connectivity index (χ2n) is 5.53. The number of benzene rings is 1. The molecule has 0 bridgehead atoms. The Balaban J connectivity index is 1.50. The Labute approximate surface area is 129 Å². The van der Waals surface area contributed by atoms with E-state index >= 15 is 0 Å². The maximum absolute atomic E-state index is 11.9. The first kappa shape index (κ1) is 14.3. The van der Waals surface area contributed by atoms with Crippen LogP contribution in [0.1, 0.15) is 31.4 Å². The highest BCUT2D eigenvalue weighted by Crippen LogP contribution is 2.25. The van der Waals surface area contributed by atoms with Crippen LogP contribution in [0.2, 0.25) is 0 Å². The molecule has 21 heavy (non-hydrogen) atoms. The fourth-order valence-corrected chi connectivity index (χ4v) is 3.64. The van der Waals surface area contributed by atoms with Crippen molar-refractivity contribution < 1.29 is 4.79 Å². The number of nitrogens with one attached hydrogen (secondary N) is 1. The Hall–Kier alpha value is -1.68. The van der Waals surface area contributed by atoms with Gasteiger partial charge in [0.15, 0.2) is 0 Å². The van der Waals surface area contributed by atoms with Gasteiger partial charge in [-0.1, -0.05) is 43.2 Å². The first-order valence-electron chi connectivity index (χ1n) is 7.60. The van der Waals surface area contributed by atoms with Gasteiger partial charge in [0.1, 0.15) is 5.01 Å². The SMILES string of the molecule is O=C(NCCc1csc(-c2ccccc2)n1)C1CCCC1. The number of amides is 1. The van der Waals surface area contributed by atoms with Gasteiger partial charge in [0.25, 0.3) is 0 Å². The monoisotopic (exact) mass is 300 g/mol. The Morgan fingerprint density at radius 1 is 1.24 bits per heavy atom. The molecule has 0 radical (unpaired) electrons. The lowest BCUT2D eigenvalue weighted by atomic mass is 10.1. The summed E-state index contributed by atoms with van der Waals surface area (Å²) in [6.07, 6.45) is 5.32. The first-order chi connectivity index (χ1) is 10.3. The highest BCUT2D eigenvalue weighted by atomic mass is 32.1. The minimum atomic E-state index is 0.228. The Bertz CT molecular complexity index is 588. The molecular weight excluding hydrogens is 280 g/mol. The van der Waals surface area contributed by atoms with E-state index in [4.69, 9.17) is 0 Å². The standard InChI is InChI=1S/C17H20N2OS/c20-16(13-6-4-5-7-13)18-11-10-15-12-21-17(19-15)14-8-2-1-3-9-14/h1-3,8-9,12-13H,4-7,10-11H2,(H,18,20). The van der Waals surface area contributed by atoms with Crippen molar-refractivity contribution in [2.45, 2.75) is 32.1 Å². The third-order valence-corrected chi connectivity index (χ3v) is 4.92. The van der Waals surface area contributed by atoms with Crippen LogP contribution in [-0.2, 0) is 11.2 Å². The van der Waals surface area contributed by atoms with Gasteiger partial charge in [0.05, 0.1) is 5.69 Å². The van der Waals surface area contributed by atoms with Crippen LogP contribution in [0.3, 0.4) is 0 Å². The molecule has 1 amide bonds. The average molecular weight is 300 g/mol. The molecule has 1 aromatic heterocycles. The fourth-order valence-electron chi connectivity index (χ4n) is 2.78. The third kappa shape index (κ3) is 3.70. The van der Waals surface area contributed by atoms with E-state index in [1.807, 2.05) is 18.2 Å². The van der Waals surface area contributed by atoms with Crippen molar-refractivity contribution >= 4 is 17.2 Å². The van der Waals surface area contributed by atoms with E-state index < -0.39 is 0 Å². The van der Waals surface area contributed by atoms with Crippen LogP contribution in [0.5, 0.6) is 0 Å². The van der Waals surface area contributed by atoms with Gasteiger partial charge in [0.2, 0.25) is 5.91 Å². The van der Waals surface area contributed by atoms with E-state index in [0.29, 0.717) is 6.54 Å². The molecule has 1 aliphatic rings. The van der Waals surface area contributed by atoms with E-state index in [-0.39, 0.29) is 11.8 Å². The van der Waals surface area contributed by atoms with Crippen LogP contribution in [0, 0.1) is 5.92 Å². The molecule has 0 atom stereocenters. The van der Waals surface area contributed by atoms with E-state index in [0.717, 1.165) is 35.5 Å². The molecule has 1 N–H and O–H groups in total. The molecular formula is C17H20N2OS. The van der Waals surface area contributed by atoms with Gasteiger partial charge < -0.3 is 5.32 Å². The first-order valence-corrected chi connectivity index (χ1v) is 8.48. The van der Waals surface area contributed by atoms with Crippen LogP contribution >= 0.6 is 11.3 Å². The number of nitrogens with zero attached hydrogens (tertiary/aromatic N) is 1. The molecule has 2 aromatic rings. The van der Waals surface area contributed by atoms with E-state index in [2.05, 4.69) is 27.8 Å². The predicted octanol–water partition coefficient (Wildman–Crippen LogP) is 3.66. The Morgan fingerprint density at radius 3 is 2.76 bits per heavy atom. The molecule has 3 nitrogen and oxygen atoms in total. The number of hydrogen-bond donors (Lipinski definition) is 1. The number of hydrogen-bond acceptors (Lipinski definition) is 3. The zero-order chi connectivity index (χ0) is 14.5. The van der Waals surface area contributed by atoms with E-state index in [1.54, 1.807) is 11.3 Å². The molecule has 1 aliphatic carbocycles. The Kier molecular flexibility index (Phi) is 4.65. The molecule has 0 saturated heterocycles. The highest BCUT2D eigenvalue weighted by molar-refractivity contribution is 7.13. The van der Waals surface area contributed by atoms with Crippen LogP contribution < -0.4 is 5.32 Å². The second-order valence-corrected chi connectivity index (χ2v) is 6.39. The lowest BCUT2D eigenvalue weighted by molar-refractivity contribution is -0.124. The summed E-state index contributed by atoms with van der Waals surface area (Å²) in [5.41, 5.74) is 2.22. The fraction of sp³-hybridized carbons (Fsp3) is 0.412. The van der Waals surface area contributed by atoms with E-state index in [1.165, 1.54) is 12.8 Å². The topological polar surface area (TPSA) is 42.0 Å². The van der Waals surface area contributed by atoms with Crippen molar-refractivity contribution in [1.82, 2.24) is 10.3 Å². The van der Waals surface area contributed by atoms with Gasteiger partial charge >= 0.3 is 0 Å². The molecule has 0 unspecified atom stereocenters. The van der Waals surface area contributed by atoms with Crippen molar-refractivity contribution in [2.24, 2.45) is 5.92 Å². The number of aromatic nitrogens is 1.